The van der Waals surface area contributed by atoms with Crippen molar-refractivity contribution < 1.29 is 9.53 Å². The van der Waals surface area contributed by atoms with Crippen molar-refractivity contribution >= 4 is 39.6 Å². The highest BCUT2D eigenvalue weighted by Gasteiger charge is 2.06. The van der Waals surface area contributed by atoms with Gasteiger partial charge in [0.05, 0.1) is 12.1 Å². The van der Waals surface area contributed by atoms with Crippen molar-refractivity contribution in [1.82, 2.24) is 4.98 Å². The summed E-state index contributed by atoms with van der Waals surface area (Å²) in [6.07, 6.45) is 5.21. The Bertz CT molecular complexity index is 940. The van der Waals surface area contributed by atoms with Crippen LogP contribution in [0.15, 0.2) is 82.4 Å². The molecule has 1 heterocycles. The zero-order chi connectivity index (χ0) is 19.1. The number of aromatic nitrogens is 1. The lowest BCUT2D eigenvalue weighted by atomic mass is 10.1. The first-order chi connectivity index (χ1) is 13.2. The normalized spacial score (nSPS) is 10.9. The maximum absolute atomic E-state index is 12.3. The second kappa shape index (κ2) is 9.53. The van der Waals surface area contributed by atoms with Gasteiger partial charge in [-0.1, -0.05) is 34.1 Å². The third-order valence-corrected chi connectivity index (χ3v) is 5.39. The van der Waals surface area contributed by atoms with Crippen LogP contribution in [0.4, 0.5) is 0 Å². The highest BCUT2D eigenvalue weighted by molar-refractivity contribution is 9.10. The highest BCUT2D eigenvalue weighted by atomic mass is 79.9. The summed E-state index contributed by atoms with van der Waals surface area (Å²) < 4.78 is 6.42. The predicted octanol–water partition coefficient (Wildman–Crippen LogP) is 6.04. The lowest BCUT2D eigenvalue weighted by Gasteiger charge is -2.09. The van der Waals surface area contributed by atoms with Gasteiger partial charge in [-0.25, -0.2) is 4.98 Å². The van der Waals surface area contributed by atoms with Crippen LogP contribution in [0.25, 0.3) is 6.08 Å². The van der Waals surface area contributed by atoms with E-state index >= 15 is 0 Å². The molecule has 0 N–H and O–H groups in total. The van der Waals surface area contributed by atoms with Gasteiger partial charge in [0.1, 0.15) is 5.75 Å². The molecule has 0 amide bonds. The maximum Gasteiger partial charge on any atom is 0.185 e. The number of halogens is 1. The van der Waals surface area contributed by atoms with Crippen LogP contribution in [0.3, 0.4) is 0 Å². The molecule has 136 valence electrons. The van der Waals surface area contributed by atoms with Gasteiger partial charge in [0.15, 0.2) is 5.78 Å². The Morgan fingerprint density at radius 1 is 1.15 bits per heavy atom. The number of rotatable bonds is 7. The molecule has 0 saturated heterocycles. The predicted molar refractivity (Wildman–Crippen MR) is 114 cm³/mol. The van der Waals surface area contributed by atoms with Gasteiger partial charge in [-0.3, -0.25) is 4.79 Å². The van der Waals surface area contributed by atoms with E-state index in [0.717, 1.165) is 32.1 Å². The van der Waals surface area contributed by atoms with Crippen molar-refractivity contribution in [2.75, 3.05) is 7.11 Å². The number of hydrogen-bond acceptors (Lipinski definition) is 4. The Morgan fingerprint density at radius 3 is 2.67 bits per heavy atom. The number of carbonyl (C=O) groups excluding carboxylic acids is 1. The first-order valence-electron chi connectivity index (χ1n) is 8.34. The van der Waals surface area contributed by atoms with Gasteiger partial charge in [-0.15, -0.1) is 11.8 Å². The fraction of sp³-hybridized carbons (Fsp3) is 0.0909. The van der Waals surface area contributed by atoms with Crippen LogP contribution in [0.1, 0.15) is 21.5 Å². The molecule has 3 aromatic rings. The van der Waals surface area contributed by atoms with E-state index in [0.29, 0.717) is 5.56 Å². The monoisotopic (exact) mass is 439 g/mol. The van der Waals surface area contributed by atoms with E-state index in [1.807, 2.05) is 54.6 Å². The van der Waals surface area contributed by atoms with Crippen molar-refractivity contribution in [2.45, 2.75) is 10.8 Å². The van der Waals surface area contributed by atoms with Gasteiger partial charge in [-0.05, 0) is 60.2 Å². The Balaban J connectivity index is 1.73. The van der Waals surface area contributed by atoms with Crippen LogP contribution < -0.4 is 4.74 Å². The van der Waals surface area contributed by atoms with Gasteiger partial charge >= 0.3 is 0 Å². The van der Waals surface area contributed by atoms with Crippen molar-refractivity contribution in [2.24, 2.45) is 0 Å². The van der Waals surface area contributed by atoms with Crippen LogP contribution in [0, 0.1) is 0 Å². The summed E-state index contributed by atoms with van der Waals surface area (Å²) in [5.74, 6) is 1.54. The van der Waals surface area contributed by atoms with Crippen molar-refractivity contribution in [3.8, 4) is 5.75 Å². The molecule has 2 aromatic carbocycles. The van der Waals surface area contributed by atoms with E-state index < -0.39 is 0 Å². The number of methoxy groups -OCH3 is 1. The minimum absolute atomic E-state index is 0.0253. The van der Waals surface area contributed by atoms with E-state index in [-0.39, 0.29) is 5.78 Å². The Kier molecular flexibility index (Phi) is 6.85. The molecule has 27 heavy (non-hydrogen) atoms. The number of thioether (sulfide) groups is 1. The topological polar surface area (TPSA) is 39.2 Å². The average Bonchev–Trinajstić information content (AvgIpc) is 2.71. The van der Waals surface area contributed by atoms with Gasteiger partial charge in [0.2, 0.25) is 0 Å². The second-order valence-corrected chi connectivity index (χ2v) is 7.64. The van der Waals surface area contributed by atoms with E-state index in [9.17, 15) is 4.79 Å². The van der Waals surface area contributed by atoms with Gasteiger partial charge in [0.25, 0.3) is 0 Å². The number of allylic oxidation sites excluding steroid dienone is 1. The summed E-state index contributed by atoms with van der Waals surface area (Å²) in [7, 11) is 1.66. The molecule has 0 unspecified atom stereocenters. The molecule has 0 aliphatic rings. The molecule has 0 saturated carbocycles. The number of benzene rings is 2. The van der Waals surface area contributed by atoms with E-state index in [2.05, 4.69) is 20.9 Å². The molecular formula is C22H18BrNO2S. The quantitative estimate of drug-likeness (QED) is 0.255. The maximum atomic E-state index is 12.3. The molecule has 0 aliphatic carbocycles. The zero-order valence-electron chi connectivity index (χ0n) is 14.8. The Hall–Kier alpha value is -2.37. The molecule has 0 bridgehead atoms. The summed E-state index contributed by atoms with van der Waals surface area (Å²) >= 11 is 5.02. The number of carbonyl (C=O) groups is 1. The molecule has 1 aromatic heterocycles. The summed E-state index contributed by atoms with van der Waals surface area (Å²) in [6, 6.07) is 19.1. The van der Waals surface area contributed by atoms with E-state index in [1.54, 1.807) is 43.3 Å². The van der Waals surface area contributed by atoms with E-state index in [1.165, 1.54) is 0 Å². The summed E-state index contributed by atoms with van der Waals surface area (Å²) in [5, 5.41) is 0.964. The fourth-order valence-electron chi connectivity index (χ4n) is 2.48. The smallest absolute Gasteiger partial charge is 0.185 e. The van der Waals surface area contributed by atoms with Crippen molar-refractivity contribution in [3.05, 3.63) is 94.1 Å². The first-order valence-corrected chi connectivity index (χ1v) is 10.1. The Labute approximate surface area is 171 Å². The summed E-state index contributed by atoms with van der Waals surface area (Å²) in [4.78, 5) is 16.6. The van der Waals surface area contributed by atoms with Crippen LogP contribution >= 0.6 is 27.7 Å². The fourth-order valence-corrected chi connectivity index (χ4v) is 3.58. The van der Waals surface area contributed by atoms with Crippen LogP contribution in [0.2, 0.25) is 0 Å². The molecule has 0 atom stereocenters. The summed E-state index contributed by atoms with van der Waals surface area (Å²) in [5.41, 5.74) is 2.68. The van der Waals surface area contributed by atoms with Gasteiger partial charge in [-0.2, -0.15) is 0 Å². The lowest BCUT2D eigenvalue weighted by Crippen LogP contribution is -1.94. The van der Waals surface area contributed by atoms with E-state index in [4.69, 9.17) is 4.74 Å². The molecular weight excluding hydrogens is 422 g/mol. The molecule has 0 spiro atoms. The molecule has 5 heteroatoms. The second-order valence-electron chi connectivity index (χ2n) is 5.73. The number of pyridine rings is 1. The third kappa shape index (κ3) is 5.55. The SMILES string of the molecule is COc1ccc(/C=C/C(=O)c2ccc(Br)cc2)cc1CSc1ccccn1. The number of nitrogens with zero attached hydrogens (tertiary/aromatic N) is 1. The summed E-state index contributed by atoms with van der Waals surface area (Å²) in [6.45, 7) is 0. The van der Waals surface area contributed by atoms with Crippen molar-refractivity contribution in [3.63, 3.8) is 0 Å². The number of hydrogen-bond donors (Lipinski definition) is 0. The minimum Gasteiger partial charge on any atom is -0.496 e. The minimum atomic E-state index is -0.0253. The van der Waals surface area contributed by atoms with Gasteiger partial charge < -0.3 is 4.74 Å². The van der Waals surface area contributed by atoms with Gasteiger partial charge in [0, 0.05) is 27.5 Å². The first kappa shape index (κ1) is 19.4. The van der Waals surface area contributed by atoms with Crippen LogP contribution in [-0.2, 0) is 5.75 Å². The van der Waals surface area contributed by atoms with Crippen LogP contribution in [0.5, 0.6) is 5.75 Å². The molecule has 3 nitrogen and oxygen atoms in total. The standard InChI is InChI=1S/C22H18BrNO2S/c1-26-21-12-6-16(5-11-20(25)17-7-9-19(23)10-8-17)14-18(21)15-27-22-4-2-3-13-24-22/h2-14H,15H2,1H3/b11-5+. The molecule has 3 rings (SSSR count). The van der Waals surface area contributed by atoms with Crippen molar-refractivity contribution in [1.29, 1.82) is 0 Å². The number of ether oxygens (including phenoxy) is 1. The molecule has 0 fully saturated rings. The Morgan fingerprint density at radius 2 is 1.96 bits per heavy atom. The average molecular weight is 440 g/mol. The lowest BCUT2D eigenvalue weighted by molar-refractivity contribution is 0.104. The molecule has 0 aliphatic heterocycles. The zero-order valence-corrected chi connectivity index (χ0v) is 17.2. The molecule has 0 radical (unpaired) electrons. The largest absolute Gasteiger partial charge is 0.496 e. The van der Waals surface area contributed by atoms with Crippen LogP contribution in [-0.4, -0.2) is 17.9 Å². The third-order valence-electron chi connectivity index (χ3n) is 3.87. The highest BCUT2D eigenvalue weighted by Crippen LogP contribution is 2.28. The number of ketones is 1.